The van der Waals surface area contributed by atoms with Gasteiger partial charge in [-0.15, -0.1) is 0 Å². The highest BCUT2D eigenvalue weighted by atomic mass is 32.2. The van der Waals surface area contributed by atoms with Crippen molar-refractivity contribution in [2.45, 2.75) is 25.3 Å². The Kier molecular flexibility index (Phi) is 3.96. The van der Waals surface area contributed by atoms with Gasteiger partial charge in [0.15, 0.2) is 9.84 Å². The van der Waals surface area contributed by atoms with E-state index in [1.54, 1.807) is 0 Å². The molecule has 0 aromatic heterocycles. The quantitative estimate of drug-likeness (QED) is 0.807. The molecule has 2 aliphatic rings. The van der Waals surface area contributed by atoms with Gasteiger partial charge < -0.3 is 5.32 Å². The summed E-state index contributed by atoms with van der Waals surface area (Å²) in [4.78, 5) is 0. The Labute approximate surface area is 96.3 Å². The summed E-state index contributed by atoms with van der Waals surface area (Å²) in [6.45, 7) is 1.01. The molecule has 1 N–H and O–H groups in total. The molecular formula is C10H19NO2S2. The molecule has 2 aliphatic heterocycles. The summed E-state index contributed by atoms with van der Waals surface area (Å²) in [6, 6.07) is 0.226. The highest BCUT2D eigenvalue weighted by Crippen LogP contribution is 2.22. The van der Waals surface area contributed by atoms with Crippen molar-refractivity contribution in [2.75, 3.05) is 29.6 Å². The Morgan fingerprint density at radius 1 is 1.20 bits per heavy atom. The van der Waals surface area contributed by atoms with Crippen molar-refractivity contribution in [2.24, 2.45) is 5.92 Å². The van der Waals surface area contributed by atoms with Gasteiger partial charge in [0.2, 0.25) is 0 Å². The monoisotopic (exact) mass is 249 g/mol. The molecule has 0 amide bonds. The van der Waals surface area contributed by atoms with Crippen LogP contribution in [0.5, 0.6) is 0 Å². The van der Waals surface area contributed by atoms with Crippen molar-refractivity contribution in [3.63, 3.8) is 0 Å². The van der Waals surface area contributed by atoms with E-state index in [0.29, 0.717) is 11.5 Å². The number of sulfone groups is 1. The first-order valence-corrected chi connectivity index (χ1v) is 8.65. The molecule has 0 aromatic rings. The van der Waals surface area contributed by atoms with E-state index in [9.17, 15) is 8.42 Å². The van der Waals surface area contributed by atoms with Crippen LogP contribution >= 0.6 is 11.8 Å². The first-order valence-electron chi connectivity index (χ1n) is 5.67. The van der Waals surface area contributed by atoms with Gasteiger partial charge in [0.1, 0.15) is 0 Å². The van der Waals surface area contributed by atoms with E-state index in [1.165, 1.54) is 24.3 Å². The molecule has 2 fully saturated rings. The van der Waals surface area contributed by atoms with E-state index < -0.39 is 9.84 Å². The van der Waals surface area contributed by atoms with Gasteiger partial charge in [-0.3, -0.25) is 0 Å². The lowest BCUT2D eigenvalue weighted by Gasteiger charge is -2.23. The molecule has 0 bridgehead atoms. The fourth-order valence-electron chi connectivity index (χ4n) is 2.24. The van der Waals surface area contributed by atoms with E-state index in [0.717, 1.165) is 18.9 Å². The third-order valence-electron chi connectivity index (χ3n) is 3.27. The topological polar surface area (TPSA) is 46.2 Å². The predicted molar refractivity (Wildman–Crippen MR) is 65.1 cm³/mol. The lowest BCUT2D eigenvalue weighted by atomic mass is 10.0. The second-order valence-corrected chi connectivity index (χ2v) is 8.02. The van der Waals surface area contributed by atoms with E-state index in [1.807, 2.05) is 11.8 Å². The zero-order chi connectivity index (χ0) is 10.7. The molecule has 2 heterocycles. The van der Waals surface area contributed by atoms with Crippen LogP contribution < -0.4 is 5.32 Å². The van der Waals surface area contributed by atoms with Crippen molar-refractivity contribution in [1.82, 2.24) is 5.32 Å². The van der Waals surface area contributed by atoms with Crippen LogP contribution in [0.25, 0.3) is 0 Å². The van der Waals surface area contributed by atoms with Crippen LogP contribution in [-0.4, -0.2) is 44.0 Å². The fourth-order valence-corrected chi connectivity index (χ4v) is 5.15. The second kappa shape index (κ2) is 5.06. The van der Waals surface area contributed by atoms with Gasteiger partial charge in [-0.1, -0.05) is 0 Å². The molecule has 3 nitrogen and oxygen atoms in total. The highest BCUT2D eigenvalue weighted by Gasteiger charge is 2.28. The van der Waals surface area contributed by atoms with Crippen LogP contribution in [0.3, 0.4) is 0 Å². The van der Waals surface area contributed by atoms with Gasteiger partial charge in [0, 0.05) is 6.04 Å². The van der Waals surface area contributed by atoms with Gasteiger partial charge in [-0.05, 0) is 43.2 Å². The van der Waals surface area contributed by atoms with E-state index in [4.69, 9.17) is 0 Å². The number of rotatable bonds is 3. The SMILES string of the molecule is O=S1(=O)CCC(NCC2CCSCC2)C1. The first-order chi connectivity index (χ1) is 7.16. The molecule has 88 valence electrons. The highest BCUT2D eigenvalue weighted by molar-refractivity contribution is 7.99. The van der Waals surface area contributed by atoms with Crippen molar-refractivity contribution >= 4 is 21.6 Å². The predicted octanol–water partition coefficient (Wildman–Crippen LogP) is 0.906. The normalized spacial score (nSPS) is 31.9. The first kappa shape index (κ1) is 11.7. The fraction of sp³-hybridized carbons (Fsp3) is 1.00. The minimum atomic E-state index is -2.71. The number of hydrogen-bond donors (Lipinski definition) is 1. The average Bonchev–Trinajstić information content (AvgIpc) is 2.57. The largest absolute Gasteiger partial charge is 0.313 e. The second-order valence-electron chi connectivity index (χ2n) is 4.56. The standard InChI is InChI=1S/C10H19NO2S2/c12-15(13)6-3-10(8-15)11-7-9-1-4-14-5-2-9/h9-11H,1-8H2. The summed E-state index contributed by atoms with van der Waals surface area (Å²) in [5.41, 5.74) is 0. The van der Waals surface area contributed by atoms with Crippen molar-refractivity contribution < 1.29 is 8.42 Å². The van der Waals surface area contributed by atoms with Gasteiger partial charge >= 0.3 is 0 Å². The van der Waals surface area contributed by atoms with Crippen molar-refractivity contribution in [3.8, 4) is 0 Å². The van der Waals surface area contributed by atoms with Crippen LogP contribution in [0.1, 0.15) is 19.3 Å². The summed E-state index contributed by atoms with van der Waals surface area (Å²) in [7, 11) is -2.71. The zero-order valence-electron chi connectivity index (χ0n) is 8.94. The summed E-state index contributed by atoms with van der Waals surface area (Å²) in [5.74, 6) is 4.05. The van der Waals surface area contributed by atoms with Crippen LogP contribution in [-0.2, 0) is 9.84 Å². The minimum Gasteiger partial charge on any atom is -0.313 e. The average molecular weight is 249 g/mol. The number of thioether (sulfide) groups is 1. The van der Waals surface area contributed by atoms with Gasteiger partial charge in [0.05, 0.1) is 11.5 Å². The molecule has 0 spiro atoms. The summed E-state index contributed by atoms with van der Waals surface area (Å²) >= 11 is 2.03. The third-order valence-corrected chi connectivity index (χ3v) is 6.09. The smallest absolute Gasteiger partial charge is 0.151 e. The third kappa shape index (κ3) is 3.64. The lowest BCUT2D eigenvalue weighted by Crippen LogP contribution is -2.35. The minimum absolute atomic E-state index is 0.226. The molecular weight excluding hydrogens is 230 g/mol. The number of hydrogen-bond acceptors (Lipinski definition) is 4. The Morgan fingerprint density at radius 2 is 1.93 bits per heavy atom. The number of nitrogens with one attached hydrogen (secondary N) is 1. The van der Waals surface area contributed by atoms with Crippen molar-refractivity contribution in [1.29, 1.82) is 0 Å². The Hall–Kier alpha value is 0.260. The molecule has 0 aromatic carbocycles. The molecule has 1 unspecified atom stereocenters. The van der Waals surface area contributed by atoms with Crippen molar-refractivity contribution in [3.05, 3.63) is 0 Å². The van der Waals surface area contributed by atoms with Gasteiger partial charge in [0.25, 0.3) is 0 Å². The molecule has 2 saturated heterocycles. The molecule has 0 radical (unpaired) electrons. The molecule has 5 heteroatoms. The van der Waals surface area contributed by atoms with Gasteiger partial charge in [-0.25, -0.2) is 8.42 Å². The molecule has 15 heavy (non-hydrogen) atoms. The maximum atomic E-state index is 11.2. The molecule has 0 aliphatic carbocycles. The Balaban J connectivity index is 1.70. The summed E-state index contributed by atoms with van der Waals surface area (Å²) in [5, 5.41) is 3.42. The van der Waals surface area contributed by atoms with Crippen LogP contribution in [0.4, 0.5) is 0 Å². The van der Waals surface area contributed by atoms with E-state index >= 15 is 0 Å². The lowest BCUT2D eigenvalue weighted by molar-refractivity contribution is 0.418. The zero-order valence-corrected chi connectivity index (χ0v) is 10.6. The van der Waals surface area contributed by atoms with E-state index in [2.05, 4.69) is 5.32 Å². The van der Waals surface area contributed by atoms with Crippen LogP contribution in [0, 0.1) is 5.92 Å². The maximum absolute atomic E-state index is 11.2. The molecule has 2 rings (SSSR count). The Bertz CT molecular complexity index is 297. The summed E-state index contributed by atoms with van der Waals surface area (Å²) in [6.07, 6.45) is 3.39. The van der Waals surface area contributed by atoms with Crippen LogP contribution in [0.2, 0.25) is 0 Å². The maximum Gasteiger partial charge on any atom is 0.151 e. The molecule has 1 atom stereocenters. The molecule has 0 saturated carbocycles. The van der Waals surface area contributed by atoms with Gasteiger partial charge in [-0.2, -0.15) is 11.8 Å². The summed E-state index contributed by atoms with van der Waals surface area (Å²) < 4.78 is 22.5. The van der Waals surface area contributed by atoms with Crippen LogP contribution in [0.15, 0.2) is 0 Å². The van der Waals surface area contributed by atoms with E-state index in [-0.39, 0.29) is 6.04 Å². The Morgan fingerprint density at radius 3 is 2.53 bits per heavy atom.